The minimum atomic E-state index is -0.741. The zero-order valence-corrected chi connectivity index (χ0v) is 12.8. The molecule has 108 valence electrons. The van der Waals surface area contributed by atoms with Gasteiger partial charge in [0.25, 0.3) is 0 Å². The van der Waals surface area contributed by atoms with E-state index in [9.17, 15) is 4.79 Å². The number of hydrogen-bond acceptors (Lipinski definition) is 3. The highest BCUT2D eigenvalue weighted by molar-refractivity contribution is 5.75. The number of rotatable bonds is 4. The van der Waals surface area contributed by atoms with Gasteiger partial charge in [-0.3, -0.25) is 0 Å². The van der Waals surface area contributed by atoms with Crippen molar-refractivity contribution in [1.82, 2.24) is 10.6 Å². The highest BCUT2D eigenvalue weighted by Crippen LogP contribution is 2.24. The van der Waals surface area contributed by atoms with E-state index in [2.05, 4.69) is 31.4 Å². The largest absolute Gasteiger partial charge is 0.334 e. The van der Waals surface area contributed by atoms with Crippen LogP contribution in [0.1, 0.15) is 54.9 Å². The lowest BCUT2D eigenvalue weighted by molar-refractivity contribution is 0.203. The van der Waals surface area contributed by atoms with Crippen LogP contribution in [0.5, 0.6) is 0 Å². The number of carbonyl (C=O) groups is 1. The fourth-order valence-electron chi connectivity index (χ4n) is 1.60. The second-order valence-electron chi connectivity index (χ2n) is 7.46. The van der Waals surface area contributed by atoms with Crippen LogP contribution < -0.4 is 22.1 Å². The molecule has 0 fully saturated rings. The molecule has 0 bridgehead atoms. The third-order valence-electron chi connectivity index (χ3n) is 2.46. The highest BCUT2D eigenvalue weighted by atomic mass is 16.2. The third kappa shape index (κ3) is 8.31. The molecule has 0 saturated carbocycles. The topological polar surface area (TPSA) is 93.2 Å². The Morgan fingerprint density at radius 3 is 1.78 bits per heavy atom. The van der Waals surface area contributed by atoms with E-state index in [0.29, 0.717) is 0 Å². The summed E-state index contributed by atoms with van der Waals surface area (Å²) in [5.74, 6) is 0. The predicted molar refractivity (Wildman–Crippen MR) is 76.1 cm³/mol. The fourth-order valence-corrected chi connectivity index (χ4v) is 1.60. The molecule has 0 radical (unpaired) electrons. The van der Waals surface area contributed by atoms with Gasteiger partial charge < -0.3 is 22.1 Å². The van der Waals surface area contributed by atoms with Crippen LogP contribution in [0.25, 0.3) is 0 Å². The molecule has 0 spiro atoms. The average molecular weight is 258 g/mol. The van der Waals surface area contributed by atoms with Crippen LogP contribution in [0, 0.1) is 5.41 Å². The van der Waals surface area contributed by atoms with E-state index >= 15 is 0 Å². The van der Waals surface area contributed by atoms with Gasteiger partial charge >= 0.3 is 6.03 Å². The van der Waals surface area contributed by atoms with Crippen molar-refractivity contribution < 1.29 is 4.79 Å². The van der Waals surface area contributed by atoms with Gasteiger partial charge in [-0.25, -0.2) is 4.79 Å². The van der Waals surface area contributed by atoms with Crippen molar-refractivity contribution in [1.29, 1.82) is 0 Å². The van der Waals surface area contributed by atoms with E-state index < -0.39 is 11.2 Å². The summed E-state index contributed by atoms with van der Waals surface area (Å²) in [5.41, 5.74) is 10.7. The second-order valence-corrected chi connectivity index (χ2v) is 7.46. The maximum atomic E-state index is 11.8. The Labute approximate surface area is 111 Å². The number of nitrogens with two attached hydrogens (primary N) is 2. The molecule has 0 aromatic rings. The predicted octanol–water partition coefficient (Wildman–Crippen LogP) is 1.52. The van der Waals surface area contributed by atoms with Crippen LogP contribution in [-0.4, -0.2) is 23.3 Å². The van der Waals surface area contributed by atoms with Crippen LogP contribution in [0.15, 0.2) is 0 Å². The SMILES string of the molecule is CC(C)(C)CC(NC(=O)NC(C)(C)N)C(C)(C)N. The van der Waals surface area contributed by atoms with Crippen molar-refractivity contribution in [3.05, 3.63) is 0 Å². The Hall–Kier alpha value is -0.810. The number of hydrogen-bond donors (Lipinski definition) is 4. The molecule has 0 aromatic heterocycles. The van der Waals surface area contributed by atoms with Crippen LogP contribution >= 0.6 is 0 Å². The molecule has 1 atom stereocenters. The zero-order chi connectivity index (χ0) is 14.8. The van der Waals surface area contributed by atoms with Crippen molar-refractivity contribution in [3.63, 3.8) is 0 Å². The molecule has 0 aliphatic rings. The lowest BCUT2D eigenvalue weighted by Gasteiger charge is -2.36. The summed E-state index contributed by atoms with van der Waals surface area (Å²) in [6.45, 7) is 13.7. The summed E-state index contributed by atoms with van der Waals surface area (Å²) in [7, 11) is 0. The van der Waals surface area contributed by atoms with E-state index in [-0.39, 0.29) is 17.5 Å². The first kappa shape index (κ1) is 17.2. The van der Waals surface area contributed by atoms with Crippen LogP contribution in [0.4, 0.5) is 4.79 Å². The van der Waals surface area contributed by atoms with Gasteiger partial charge in [0.05, 0.1) is 5.66 Å². The molecule has 5 heteroatoms. The number of carbonyl (C=O) groups excluding carboxylic acids is 1. The maximum absolute atomic E-state index is 11.8. The van der Waals surface area contributed by atoms with Gasteiger partial charge in [-0.1, -0.05) is 20.8 Å². The standard InChI is InChI=1S/C13H30N4O/c1-11(2,3)8-9(12(4,5)14)16-10(18)17-13(6,7)15/h9H,8,14-15H2,1-7H3,(H2,16,17,18). The molecule has 0 rings (SSSR count). The maximum Gasteiger partial charge on any atom is 0.316 e. The minimum absolute atomic E-state index is 0.0901. The van der Waals surface area contributed by atoms with Gasteiger partial charge in [0.2, 0.25) is 0 Å². The Bertz CT molecular complexity index is 281. The van der Waals surface area contributed by atoms with E-state index in [1.54, 1.807) is 13.8 Å². The van der Waals surface area contributed by atoms with Crippen molar-refractivity contribution >= 4 is 6.03 Å². The van der Waals surface area contributed by atoms with Crippen LogP contribution in [-0.2, 0) is 0 Å². The van der Waals surface area contributed by atoms with Crippen molar-refractivity contribution in [2.45, 2.75) is 72.1 Å². The van der Waals surface area contributed by atoms with Gasteiger partial charge in [0.1, 0.15) is 0 Å². The summed E-state index contributed by atoms with van der Waals surface area (Å²) in [6.07, 6.45) is 0.801. The molecule has 18 heavy (non-hydrogen) atoms. The van der Waals surface area contributed by atoms with E-state index in [1.807, 2.05) is 13.8 Å². The lowest BCUT2D eigenvalue weighted by atomic mass is 9.81. The van der Waals surface area contributed by atoms with Crippen molar-refractivity contribution in [2.75, 3.05) is 0 Å². The summed E-state index contributed by atoms with van der Waals surface area (Å²) in [5, 5.41) is 5.59. The highest BCUT2D eigenvalue weighted by Gasteiger charge is 2.31. The van der Waals surface area contributed by atoms with E-state index in [0.717, 1.165) is 6.42 Å². The van der Waals surface area contributed by atoms with Gasteiger partial charge in [0, 0.05) is 11.6 Å². The third-order valence-corrected chi connectivity index (χ3v) is 2.46. The van der Waals surface area contributed by atoms with Gasteiger partial charge in [-0.2, -0.15) is 0 Å². The summed E-state index contributed by atoms with van der Waals surface area (Å²) >= 11 is 0. The number of nitrogens with one attached hydrogen (secondary N) is 2. The van der Waals surface area contributed by atoms with Crippen molar-refractivity contribution in [3.8, 4) is 0 Å². The first-order chi connectivity index (χ1) is 7.71. The number of amides is 2. The molecule has 0 aliphatic carbocycles. The average Bonchev–Trinajstić information content (AvgIpc) is 1.93. The lowest BCUT2D eigenvalue weighted by Crippen LogP contribution is -2.61. The quantitative estimate of drug-likeness (QED) is 0.576. The van der Waals surface area contributed by atoms with Crippen LogP contribution in [0.2, 0.25) is 0 Å². The second kappa shape index (κ2) is 5.45. The van der Waals surface area contributed by atoms with Gasteiger partial charge in [-0.15, -0.1) is 0 Å². The van der Waals surface area contributed by atoms with E-state index in [1.165, 1.54) is 0 Å². The molecule has 0 saturated heterocycles. The summed E-state index contributed by atoms with van der Waals surface area (Å²) in [6, 6.07) is -0.393. The molecule has 0 heterocycles. The molecule has 6 N–H and O–H groups in total. The van der Waals surface area contributed by atoms with Crippen molar-refractivity contribution in [2.24, 2.45) is 16.9 Å². The molecule has 0 aromatic carbocycles. The Balaban J connectivity index is 4.67. The van der Waals surface area contributed by atoms with Gasteiger partial charge in [-0.05, 0) is 39.5 Å². The Morgan fingerprint density at radius 1 is 1.06 bits per heavy atom. The summed E-state index contributed by atoms with van der Waals surface area (Å²) in [4.78, 5) is 11.8. The molecule has 0 aliphatic heterocycles. The Morgan fingerprint density at radius 2 is 1.50 bits per heavy atom. The normalized spacial score (nSPS) is 15.2. The molecule has 1 unspecified atom stereocenters. The van der Waals surface area contributed by atoms with E-state index in [4.69, 9.17) is 11.5 Å². The minimum Gasteiger partial charge on any atom is -0.334 e. The fraction of sp³-hybridized carbons (Fsp3) is 0.923. The monoisotopic (exact) mass is 258 g/mol. The Kier molecular flexibility index (Phi) is 5.20. The first-order valence-corrected chi connectivity index (χ1v) is 6.37. The molecular formula is C13H30N4O. The summed E-state index contributed by atoms with van der Waals surface area (Å²) < 4.78 is 0. The zero-order valence-electron chi connectivity index (χ0n) is 12.8. The smallest absolute Gasteiger partial charge is 0.316 e. The van der Waals surface area contributed by atoms with Gasteiger partial charge in [0.15, 0.2) is 0 Å². The molecular weight excluding hydrogens is 228 g/mol. The number of urea groups is 1. The first-order valence-electron chi connectivity index (χ1n) is 6.37. The molecule has 5 nitrogen and oxygen atoms in total. The van der Waals surface area contributed by atoms with Crippen LogP contribution in [0.3, 0.4) is 0 Å². The molecule has 2 amide bonds.